The topological polar surface area (TPSA) is 83.1 Å². The molecule has 1 aromatic carbocycles. The van der Waals surface area contributed by atoms with Gasteiger partial charge >= 0.3 is 6.09 Å². The number of piperazine rings is 1. The van der Waals surface area contributed by atoms with Crippen molar-refractivity contribution < 1.29 is 19.1 Å². The molecule has 4 rings (SSSR count). The summed E-state index contributed by atoms with van der Waals surface area (Å²) in [6, 6.07) is 9.54. The van der Waals surface area contributed by atoms with Gasteiger partial charge in [0.1, 0.15) is 18.8 Å². The fourth-order valence-electron chi connectivity index (χ4n) is 4.72. The zero-order valence-corrected chi connectivity index (χ0v) is 17.0. The maximum atomic E-state index is 13.1. The van der Waals surface area contributed by atoms with Crippen LogP contribution >= 0.6 is 0 Å². The molecular formula is C21H30N4O4. The van der Waals surface area contributed by atoms with Crippen LogP contribution in [0.5, 0.6) is 0 Å². The number of fused-ring (bicyclic) bond motifs is 1. The van der Waals surface area contributed by atoms with Crippen molar-refractivity contribution in [2.24, 2.45) is 5.41 Å². The minimum atomic E-state index is -0.702. The van der Waals surface area contributed by atoms with Gasteiger partial charge in [0.15, 0.2) is 0 Å². The highest BCUT2D eigenvalue weighted by Crippen LogP contribution is 2.37. The van der Waals surface area contributed by atoms with Gasteiger partial charge in [-0.25, -0.2) is 4.79 Å². The van der Waals surface area contributed by atoms with Crippen LogP contribution in [-0.4, -0.2) is 80.4 Å². The number of nitrogens with zero attached hydrogens (tertiary/aromatic N) is 2. The predicted molar refractivity (Wildman–Crippen MR) is 107 cm³/mol. The van der Waals surface area contributed by atoms with Crippen LogP contribution in [-0.2, 0) is 20.9 Å². The Morgan fingerprint density at radius 2 is 1.93 bits per heavy atom. The minimum Gasteiger partial charge on any atom is -0.445 e. The Morgan fingerprint density at radius 1 is 1.17 bits per heavy atom. The third kappa shape index (κ3) is 4.10. The van der Waals surface area contributed by atoms with Crippen molar-refractivity contribution in [3.63, 3.8) is 0 Å². The van der Waals surface area contributed by atoms with Crippen LogP contribution in [0.1, 0.15) is 18.4 Å². The van der Waals surface area contributed by atoms with Crippen molar-refractivity contribution in [2.75, 3.05) is 53.0 Å². The van der Waals surface area contributed by atoms with Gasteiger partial charge in [-0.15, -0.1) is 0 Å². The maximum Gasteiger partial charge on any atom is 0.410 e. The lowest BCUT2D eigenvalue weighted by molar-refractivity contribution is -0.166. The second-order valence-electron chi connectivity index (χ2n) is 8.44. The number of nitrogens with one attached hydrogen (secondary N) is 2. The van der Waals surface area contributed by atoms with E-state index in [1.54, 1.807) is 7.11 Å². The fraction of sp³-hybridized carbons (Fsp3) is 0.619. The lowest BCUT2D eigenvalue weighted by Crippen LogP contribution is -2.79. The summed E-state index contributed by atoms with van der Waals surface area (Å²) < 4.78 is 10.9. The van der Waals surface area contributed by atoms with Crippen molar-refractivity contribution in [2.45, 2.75) is 25.1 Å². The zero-order chi connectivity index (χ0) is 20.3. The average Bonchev–Trinajstić information content (AvgIpc) is 2.74. The number of carbonyl (C=O) groups excluding carboxylic acids is 2. The second kappa shape index (κ2) is 8.30. The number of ether oxygens (including phenoxy) is 2. The van der Waals surface area contributed by atoms with Crippen LogP contribution in [0, 0.1) is 5.41 Å². The van der Waals surface area contributed by atoms with Crippen LogP contribution in [0.3, 0.4) is 0 Å². The molecule has 158 valence electrons. The third-order valence-electron chi connectivity index (χ3n) is 6.39. The van der Waals surface area contributed by atoms with Crippen LogP contribution in [0.4, 0.5) is 4.79 Å². The number of piperidine rings is 1. The number of hydrogen-bond acceptors (Lipinski definition) is 6. The van der Waals surface area contributed by atoms with Gasteiger partial charge in [0.25, 0.3) is 0 Å². The summed E-state index contributed by atoms with van der Waals surface area (Å²) in [7, 11) is 1.63. The molecule has 1 aromatic rings. The van der Waals surface area contributed by atoms with Crippen molar-refractivity contribution in [3.8, 4) is 0 Å². The van der Waals surface area contributed by atoms with E-state index in [0.29, 0.717) is 19.7 Å². The highest BCUT2D eigenvalue weighted by Gasteiger charge is 2.53. The van der Waals surface area contributed by atoms with E-state index in [1.807, 2.05) is 35.2 Å². The molecule has 2 N–H and O–H groups in total. The summed E-state index contributed by atoms with van der Waals surface area (Å²) in [6.07, 6.45) is 1.60. The number of rotatable bonds is 4. The molecule has 3 heterocycles. The molecule has 0 saturated carbocycles. The number of benzene rings is 1. The van der Waals surface area contributed by atoms with Gasteiger partial charge in [0.2, 0.25) is 5.91 Å². The second-order valence-corrected chi connectivity index (χ2v) is 8.44. The zero-order valence-electron chi connectivity index (χ0n) is 17.0. The number of amides is 2. The summed E-state index contributed by atoms with van der Waals surface area (Å²) in [5.74, 6) is -0.0601. The Hall–Kier alpha value is -2.16. The van der Waals surface area contributed by atoms with E-state index in [4.69, 9.17) is 9.47 Å². The maximum absolute atomic E-state index is 13.1. The summed E-state index contributed by atoms with van der Waals surface area (Å²) in [4.78, 5) is 29.2. The smallest absolute Gasteiger partial charge is 0.410 e. The average molecular weight is 402 g/mol. The van der Waals surface area contributed by atoms with Gasteiger partial charge in [-0.05, 0) is 31.5 Å². The fourth-order valence-corrected chi connectivity index (χ4v) is 4.72. The Kier molecular flexibility index (Phi) is 5.76. The predicted octanol–water partition coefficient (Wildman–Crippen LogP) is 0.783. The van der Waals surface area contributed by atoms with Gasteiger partial charge in [-0.2, -0.15) is 0 Å². The summed E-state index contributed by atoms with van der Waals surface area (Å²) in [5, 5.41) is 6.99. The summed E-state index contributed by atoms with van der Waals surface area (Å²) in [5.41, 5.74) is 0.307. The number of methoxy groups -OCH3 is 1. The SMILES string of the molecule is COCC12CN(C(=O)OCc3ccccc3)CC(=O)N1CC1(CCNCC1)CN2. The van der Waals surface area contributed by atoms with E-state index in [-0.39, 0.29) is 24.5 Å². The van der Waals surface area contributed by atoms with Crippen molar-refractivity contribution in [1.29, 1.82) is 0 Å². The molecule has 1 unspecified atom stereocenters. The van der Waals surface area contributed by atoms with Crippen LogP contribution < -0.4 is 10.6 Å². The van der Waals surface area contributed by atoms with E-state index >= 15 is 0 Å². The largest absolute Gasteiger partial charge is 0.445 e. The van der Waals surface area contributed by atoms with Gasteiger partial charge < -0.3 is 19.7 Å². The molecule has 3 fully saturated rings. The molecule has 0 radical (unpaired) electrons. The molecular weight excluding hydrogens is 372 g/mol. The van der Waals surface area contributed by atoms with Crippen molar-refractivity contribution in [1.82, 2.24) is 20.4 Å². The molecule has 2 amide bonds. The Morgan fingerprint density at radius 3 is 2.66 bits per heavy atom. The Labute approximate surface area is 171 Å². The minimum absolute atomic E-state index is 0.0368. The summed E-state index contributed by atoms with van der Waals surface area (Å²) >= 11 is 0. The molecule has 8 heteroatoms. The molecule has 1 atom stereocenters. The molecule has 0 aliphatic carbocycles. The lowest BCUT2D eigenvalue weighted by Gasteiger charge is -2.58. The quantitative estimate of drug-likeness (QED) is 0.775. The first-order chi connectivity index (χ1) is 14.1. The van der Waals surface area contributed by atoms with E-state index in [1.165, 1.54) is 4.90 Å². The molecule has 3 saturated heterocycles. The van der Waals surface area contributed by atoms with Gasteiger partial charge in [-0.3, -0.25) is 15.0 Å². The van der Waals surface area contributed by atoms with Crippen LogP contribution in [0.15, 0.2) is 30.3 Å². The molecule has 8 nitrogen and oxygen atoms in total. The van der Waals surface area contributed by atoms with Gasteiger partial charge in [-0.1, -0.05) is 30.3 Å². The monoisotopic (exact) mass is 402 g/mol. The van der Waals surface area contributed by atoms with Crippen LogP contribution in [0.2, 0.25) is 0 Å². The molecule has 29 heavy (non-hydrogen) atoms. The van der Waals surface area contributed by atoms with E-state index < -0.39 is 11.8 Å². The Bertz CT molecular complexity index is 737. The first-order valence-corrected chi connectivity index (χ1v) is 10.3. The Balaban J connectivity index is 1.46. The number of carbonyl (C=O) groups is 2. The first-order valence-electron chi connectivity index (χ1n) is 10.3. The third-order valence-corrected chi connectivity index (χ3v) is 6.39. The van der Waals surface area contributed by atoms with Gasteiger partial charge in [0.05, 0.1) is 13.2 Å². The van der Waals surface area contributed by atoms with Gasteiger partial charge in [0, 0.05) is 25.6 Å². The molecule has 3 aliphatic rings. The number of hydrogen-bond donors (Lipinski definition) is 2. The molecule has 0 aromatic heterocycles. The van der Waals surface area contributed by atoms with E-state index in [0.717, 1.165) is 38.0 Å². The van der Waals surface area contributed by atoms with Crippen molar-refractivity contribution in [3.05, 3.63) is 35.9 Å². The molecule has 0 bridgehead atoms. The standard InChI is InChI=1S/C21H30N4O4/c1-28-16-21-15-24(19(27)29-12-17-5-3-2-4-6-17)11-18(26)25(21)14-20(13-23-21)7-9-22-10-8-20/h2-6,22-23H,7-16H2,1H3. The highest BCUT2D eigenvalue weighted by atomic mass is 16.6. The lowest BCUT2D eigenvalue weighted by atomic mass is 9.75. The molecule has 1 spiro atoms. The molecule has 3 aliphatic heterocycles. The van der Waals surface area contributed by atoms with Crippen molar-refractivity contribution >= 4 is 12.0 Å². The summed E-state index contributed by atoms with van der Waals surface area (Å²) in [6.45, 7) is 4.37. The van der Waals surface area contributed by atoms with E-state index in [2.05, 4.69) is 10.6 Å². The normalized spacial score (nSPS) is 26.3. The van der Waals surface area contributed by atoms with Crippen LogP contribution in [0.25, 0.3) is 0 Å². The van der Waals surface area contributed by atoms with E-state index in [9.17, 15) is 9.59 Å². The highest BCUT2D eigenvalue weighted by molar-refractivity contribution is 5.84. The first kappa shape index (κ1) is 20.1.